The molecule has 2 atom stereocenters. The molecule has 4 aromatic heterocycles. The van der Waals surface area contributed by atoms with E-state index >= 15 is 0 Å². The van der Waals surface area contributed by atoms with Crippen LogP contribution in [0, 0.1) is 0 Å². The number of rotatable bonds is 7. The van der Waals surface area contributed by atoms with Crippen molar-refractivity contribution >= 4 is 34.4 Å². The summed E-state index contributed by atoms with van der Waals surface area (Å²) in [5.41, 5.74) is 2.75. The van der Waals surface area contributed by atoms with Gasteiger partial charge in [-0.05, 0) is 37.5 Å². The number of nitrogens with zero attached hydrogens (tertiary/aromatic N) is 7. The van der Waals surface area contributed by atoms with Crippen molar-refractivity contribution in [1.29, 1.82) is 0 Å². The third-order valence-corrected chi connectivity index (χ3v) is 5.87. The Bertz CT molecular complexity index is 1350. The van der Waals surface area contributed by atoms with Gasteiger partial charge in [-0.1, -0.05) is 5.21 Å². The van der Waals surface area contributed by atoms with E-state index in [0.717, 1.165) is 29.5 Å². The van der Waals surface area contributed by atoms with Crippen LogP contribution in [0.4, 0.5) is 20.5 Å². The Morgan fingerprint density at radius 3 is 2.79 bits per heavy atom. The van der Waals surface area contributed by atoms with Crippen LogP contribution in [-0.2, 0) is 11.3 Å². The number of nitrogens with one attached hydrogen (secondary N) is 3. The van der Waals surface area contributed by atoms with Gasteiger partial charge in [0, 0.05) is 37.8 Å². The molecule has 0 aliphatic heterocycles. The van der Waals surface area contributed by atoms with E-state index in [4.69, 9.17) is 0 Å². The number of hydrogen-bond donors (Lipinski definition) is 3. The molecule has 0 radical (unpaired) electrons. The Labute approximate surface area is 192 Å². The number of anilines is 2. The molecule has 1 fully saturated rings. The van der Waals surface area contributed by atoms with E-state index in [9.17, 15) is 13.6 Å². The highest BCUT2D eigenvalue weighted by Gasteiger charge is 2.26. The van der Waals surface area contributed by atoms with Crippen molar-refractivity contribution in [3.05, 3.63) is 24.4 Å². The lowest BCUT2D eigenvalue weighted by molar-refractivity contribution is -0.119. The number of carbonyl (C=O) groups is 1. The number of aromatic nitrogens is 7. The molecule has 13 heteroatoms. The molecule has 0 saturated heterocycles. The highest BCUT2D eigenvalue weighted by Crippen LogP contribution is 2.30. The van der Waals surface area contributed by atoms with Gasteiger partial charge in [0.25, 0.3) is 6.43 Å². The summed E-state index contributed by atoms with van der Waals surface area (Å²) in [6.07, 6.45) is 1.85. The summed E-state index contributed by atoms with van der Waals surface area (Å²) in [5, 5.41) is 21.7. The first-order valence-corrected chi connectivity index (χ1v) is 11.0. The summed E-state index contributed by atoms with van der Waals surface area (Å²) in [4.78, 5) is 20.5. The van der Waals surface area contributed by atoms with Crippen LogP contribution in [0.15, 0.2) is 24.4 Å². The van der Waals surface area contributed by atoms with Gasteiger partial charge in [0.15, 0.2) is 11.5 Å². The van der Waals surface area contributed by atoms with E-state index < -0.39 is 13.0 Å². The Morgan fingerprint density at radius 1 is 1.21 bits per heavy atom. The molecule has 4 heterocycles. The first-order valence-electron chi connectivity index (χ1n) is 11.0. The zero-order valence-corrected chi connectivity index (χ0v) is 18.7. The van der Waals surface area contributed by atoms with Gasteiger partial charge >= 0.3 is 0 Å². The van der Waals surface area contributed by atoms with Crippen molar-refractivity contribution < 1.29 is 13.6 Å². The van der Waals surface area contributed by atoms with Crippen LogP contribution in [0.25, 0.3) is 27.9 Å². The van der Waals surface area contributed by atoms with Crippen molar-refractivity contribution in [1.82, 2.24) is 39.9 Å². The summed E-state index contributed by atoms with van der Waals surface area (Å²) >= 11 is 0. The second kappa shape index (κ2) is 8.80. The maximum absolute atomic E-state index is 12.9. The van der Waals surface area contributed by atoms with Crippen LogP contribution in [-0.4, -0.2) is 66.0 Å². The second-order valence-electron chi connectivity index (χ2n) is 8.31. The first-order chi connectivity index (χ1) is 16.4. The van der Waals surface area contributed by atoms with Crippen LogP contribution < -0.4 is 16.0 Å². The second-order valence-corrected chi connectivity index (χ2v) is 8.31. The minimum absolute atomic E-state index is 0.0273. The summed E-state index contributed by atoms with van der Waals surface area (Å²) in [6, 6.07) is 5.63. The quantitative estimate of drug-likeness (QED) is 0.376. The molecule has 1 saturated carbocycles. The van der Waals surface area contributed by atoms with E-state index in [2.05, 4.69) is 41.3 Å². The number of carbonyl (C=O) groups excluding carboxylic acids is 1. The fourth-order valence-corrected chi connectivity index (χ4v) is 4.44. The molecule has 1 aliphatic carbocycles. The molecule has 178 valence electrons. The molecule has 4 aromatic rings. The minimum atomic E-state index is -2.56. The molecular formula is C21H24F2N10O. The van der Waals surface area contributed by atoms with Gasteiger partial charge in [0.2, 0.25) is 11.9 Å². The van der Waals surface area contributed by atoms with Crippen LogP contribution in [0.2, 0.25) is 0 Å². The summed E-state index contributed by atoms with van der Waals surface area (Å²) in [6.45, 7) is 0.948. The largest absolute Gasteiger partial charge is 0.371 e. The Kier molecular flexibility index (Phi) is 5.67. The average Bonchev–Trinajstić information content (AvgIpc) is 3.51. The zero-order chi connectivity index (χ0) is 23.8. The van der Waals surface area contributed by atoms with Crippen molar-refractivity contribution in [3.8, 4) is 11.3 Å². The van der Waals surface area contributed by atoms with Crippen molar-refractivity contribution in [2.45, 2.75) is 51.2 Å². The summed E-state index contributed by atoms with van der Waals surface area (Å²) < 4.78 is 28.6. The van der Waals surface area contributed by atoms with Crippen LogP contribution >= 0.6 is 0 Å². The standard InChI is InChI=1S/C21H24F2N10O/c1-11(34)25-12-3-4-13(9-12)26-21-28-19(24-2)18-14(7-8-32(18)30-21)15-5-6-16-20(27-15)33(31-29-16)10-17(22)23/h5-8,12-13,17H,3-4,9-10H2,1-2H3,(H,25,34)(H2,24,26,28,30)/t12?,13-/m0/s1. The fraction of sp³-hybridized carbons (Fsp3) is 0.429. The lowest BCUT2D eigenvalue weighted by Crippen LogP contribution is -2.32. The summed E-state index contributed by atoms with van der Waals surface area (Å²) in [7, 11) is 1.77. The molecule has 0 bridgehead atoms. The Hall–Kier alpha value is -3.90. The Morgan fingerprint density at radius 2 is 2.03 bits per heavy atom. The number of halogens is 2. The molecule has 1 aliphatic rings. The molecule has 34 heavy (non-hydrogen) atoms. The van der Waals surface area contributed by atoms with Crippen molar-refractivity contribution in [3.63, 3.8) is 0 Å². The van der Waals surface area contributed by atoms with E-state index in [0.29, 0.717) is 28.5 Å². The molecule has 5 rings (SSSR count). The van der Waals surface area contributed by atoms with Gasteiger partial charge in [-0.25, -0.2) is 23.0 Å². The first kappa shape index (κ1) is 21.9. The van der Waals surface area contributed by atoms with Gasteiger partial charge in [-0.3, -0.25) is 4.79 Å². The number of amides is 1. The summed E-state index contributed by atoms with van der Waals surface area (Å²) in [5.74, 6) is 1.03. The molecule has 1 amide bonds. The molecule has 0 spiro atoms. The predicted octanol–water partition coefficient (Wildman–Crippen LogP) is 2.31. The van der Waals surface area contributed by atoms with Gasteiger partial charge in [-0.2, -0.15) is 4.98 Å². The monoisotopic (exact) mass is 470 g/mol. The lowest BCUT2D eigenvalue weighted by atomic mass is 10.2. The zero-order valence-electron chi connectivity index (χ0n) is 18.7. The van der Waals surface area contributed by atoms with Gasteiger partial charge in [0.05, 0.1) is 5.69 Å². The minimum Gasteiger partial charge on any atom is -0.371 e. The average molecular weight is 470 g/mol. The van der Waals surface area contributed by atoms with E-state index in [1.165, 1.54) is 6.92 Å². The fourth-order valence-electron chi connectivity index (χ4n) is 4.44. The van der Waals surface area contributed by atoms with E-state index in [1.54, 1.807) is 29.9 Å². The maximum atomic E-state index is 12.9. The SMILES string of the molecule is CNc1nc(N[C@H]2CCC(NC(C)=O)C2)nn2ccc(-c3ccc4nnn(CC(F)F)c4n3)c12. The van der Waals surface area contributed by atoms with Crippen LogP contribution in [0.3, 0.4) is 0 Å². The van der Waals surface area contributed by atoms with Crippen LogP contribution in [0.1, 0.15) is 26.2 Å². The smallest absolute Gasteiger partial charge is 0.258 e. The topological polar surface area (TPSA) is 127 Å². The molecule has 11 nitrogen and oxygen atoms in total. The number of alkyl halides is 2. The van der Waals surface area contributed by atoms with E-state index in [1.807, 2.05) is 6.07 Å². The highest BCUT2D eigenvalue weighted by atomic mass is 19.3. The van der Waals surface area contributed by atoms with Gasteiger partial charge < -0.3 is 16.0 Å². The van der Waals surface area contributed by atoms with Gasteiger partial charge in [-0.15, -0.1) is 10.2 Å². The molecule has 0 aromatic carbocycles. The maximum Gasteiger partial charge on any atom is 0.258 e. The molecule has 3 N–H and O–H groups in total. The Balaban J connectivity index is 1.46. The van der Waals surface area contributed by atoms with Crippen LogP contribution in [0.5, 0.6) is 0 Å². The molecular weight excluding hydrogens is 446 g/mol. The van der Waals surface area contributed by atoms with Crippen molar-refractivity contribution in [2.75, 3.05) is 17.7 Å². The predicted molar refractivity (Wildman–Crippen MR) is 122 cm³/mol. The molecule has 1 unspecified atom stereocenters. The third kappa shape index (κ3) is 4.20. The third-order valence-electron chi connectivity index (χ3n) is 5.87. The normalized spacial score (nSPS) is 18.1. The number of hydrogen-bond acceptors (Lipinski definition) is 8. The van der Waals surface area contributed by atoms with Crippen molar-refractivity contribution in [2.24, 2.45) is 0 Å². The van der Waals surface area contributed by atoms with Gasteiger partial charge in [0.1, 0.15) is 17.6 Å². The van der Waals surface area contributed by atoms with E-state index in [-0.39, 0.29) is 23.6 Å². The number of pyridine rings is 1. The lowest BCUT2D eigenvalue weighted by Gasteiger charge is -2.15. The highest BCUT2D eigenvalue weighted by molar-refractivity contribution is 5.89. The number of fused-ring (bicyclic) bond motifs is 2.